The van der Waals surface area contributed by atoms with Crippen LogP contribution in [0, 0.1) is 6.92 Å². The average Bonchev–Trinajstić information content (AvgIpc) is 2.87. The zero-order valence-electron chi connectivity index (χ0n) is 15.5. The van der Waals surface area contributed by atoms with Gasteiger partial charge >= 0.3 is 17.6 Å². The number of aryl methyl sites for hydroxylation is 1. The Hall–Kier alpha value is -2.87. The number of rotatable bonds is 6. The van der Waals surface area contributed by atoms with Gasteiger partial charge in [-0.1, -0.05) is 11.6 Å². The van der Waals surface area contributed by atoms with Crippen LogP contribution in [0.1, 0.15) is 24.0 Å². The van der Waals surface area contributed by atoms with E-state index in [1.54, 1.807) is 26.1 Å². The number of imide groups is 1. The van der Waals surface area contributed by atoms with E-state index < -0.39 is 11.6 Å². The molecule has 1 aromatic carbocycles. The molecule has 0 saturated carbocycles. The van der Waals surface area contributed by atoms with Crippen molar-refractivity contribution in [1.29, 1.82) is 0 Å². The Labute approximate surface area is 165 Å². The summed E-state index contributed by atoms with van der Waals surface area (Å²) >= 11 is 6.14. The van der Waals surface area contributed by atoms with Crippen molar-refractivity contribution in [2.45, 2.75) is 26.4 Å². The van der Waals surface area contributed by atoms with Gasteiger partial charge in [-0.2, -0.15) is 0 Å². The lowest BCUT2D eigenvalue weighted by atomic mass is 10.1. The molecule has 2 heterocycles. The SMILES string of the molecule is Cc1cc2oc(=O)cc(COC(=O)CCCN3C(=O)CN(C)C3=O)c2cc1Cl. The van der Waals surface area contributed by atoms with Crippen molar-refractivity contribution < 1.29 is 23.5 Å². The molecule has 0 N–H and O–H groups in total. The number of hydrogen-bond donors (Lipinski definition) is 0. The molecule has 0 radical (unpaired) electrons. The summed E-state index contributed by atoms with van der Waals surface area (Å²) in [5, 5.41) is 1.11. The van der Waals surface area contributed by atoms with E-state index >= 15 is 0 Å². The Morgan fingerprint density at radius 3 is 2.68 bits per heavy atom. The monoisotopic (exact) mass is 406 g/mol. The second kappa shape index (κ2) is 8.02. The third-order valence-electron chi connectivity index (χ3n) is 4.49. The number of fused-ring (bicyclic) bond motifs is 1. The fourth-order valence-electron chi connectivity index (χ4n) is 2.97. The number of carbonyl (C=O) groups is 3. The highest BCUT2D eigenvalue weighted by atomic mass is 35.5. The Balaban J connectivity index is 1.59. The van der Waals surface area contributed by atoms with Crippen LogP contribution < -0.4 is 5.63 Å². The van der Waals surface area contributed by atoms with E-state index in [1.807, 2.05) is 0 Å². The number of likely N-dealkylation sites (N-methyl/N-ethyl adjacent to an activating group) is 1. The maximum atomic E-state index is 12.0. The van der Waals surface area contributed by atoms with Gasteiger partial charge in [0.1, 0.15) is 18.7 Å². The Morgan fingerprint density at radius 2 is 2.00 bits per heavy atom. The van der Waals surface area contributed by atoms with E-state index in [0.717, 1.165) is 10.5 Å². The van der Waals surface area contributed by atoms with Gasteiger partial charge in [0.15, 0.2) is 0 Å². The van der Waals surface area contributed by atoms with Gasteiger partial charge in [0.25, 0.3) is 0 Å². The molecule has 28 heavy (non-hydrogen) atoms. The summed E-state index contributed by atoms with van der Waals surface area (Å²) in [7, 11) is 1.54. The predicted octanol–water partition coefficient (Wildman–Crippen LogP) is 2.47. The standard InChI is InChI=1S/C19H19ClN2O6/c1-11-6-15-13(8-14(11)20)12(7-18(25)28-15)10-27-17(24)4-3-5-22-16(23)9-21(2)19(22)26/h6-8H,3-5,9-10H2,1-2H3. The first-order valence-corrected chi connectivity index (χ1v) is 9.08. The molecule has 0 spiro atoms. The molecule has 0 bridgehead atoms. The van der Waals surface area contributed by atoms with E-state index in [2.05, 4.69) is 0 Å². The van der Waals surface area contributed by atoms with E-state index in [4.69, 9.17) is 20.8 Å². The molecule has 3 amide bonds. The van der Waals surface area contributed by atoms with Gasteiger partial charge in [0, 0.05) is 42.1 Å². The van der Waals surface area contributed by atoms with E-state index in [-0.39, 0.29) is 38.1 Å². The lowest BCUT2D eigenvalue weighted by Gasteiger charge is -2.13. The fourth-order valence-corrected chi connectivity index (χ4v) is 3.13. The van der Waals surface area contributed by atoms with Crippen LogP contribution in [0.3, 0.4) is 0 Å². The molecule has 1 aliphatic rings. The number of carbonyl (C=O) groups excluding carboxylic acids is 3. The van der Waals surface area contributed by atoms with Crippen molar-refractivity contribution in [3.05, 3.63) is 44.8 Å². The van der Waals surface area contributed by atoms with Crippen LogP contribution in [-0.4, -0.2) is 47.8 Å². The number of nitrogens with zero attached hydrogens (tertiary/aromatic N) is 2. The van der Waals surface area contributed by atoms with Gasteiger partial charge in [-0.15, -0.1) is 0 Å². The van der Waals surface area contributed by atoms with E-state index in [0.29, 0.717) is 28.0 Å². The van der Waals surface area contributed by atoms with Crippen LogP contribution in [0.5, 0.6) is 0 Å². The maximum absolute atomic E-state index is 12.0. The first kappa shape index (κ1) is 19.9. The third kappa shape index (κ3) is 4.17. The molecule has 1 aromatic heterocycles. The molecule has 3 rings (SSSR count). The minimum absolute atomic E-state index is 0.0417. The average molecular weight is 407 g/mol. The summed E-state index contributed by atoms with van der Waals surface area (Å²) in [6, 6.07) is 4.22. The molecule has 2 aromatic rings. The largest absolute Gasteiger partial charge is 0.461 e. The van der Waals surface area contributed by atoms with Crippen molar-refractivity contribution in [3.63, 3.8) is 0 Å². The predicted molar refractivity (Wildman–Crippen MR) is 101 cm³/mol. The molecule has 0 atom stereocenters. The van der Waals surface area contributed by atoms with Crippen LogP contribution in [0.15, 0.2) is 27.4 Å². The van der Waals surface area contributed by atoms with Gasteiger partial charge < -0.3 is 14.1 Å². The molecule has 8 nitrogen and oxygen atoms in total. The van der Waals surface area contributed by atoms with Crippen molar-refractivity contribution in [1.82, 2.24) is 9.80 Å². The number of benzene rings is 1. The second-order valence-electron chi connectivity index (χ2n) is 6.64. The number of urea groups is 1. The quantitative estimate of drug-likeness (QED) is 0.415. The normalized spacial score (nSPS) is 14.2. The van der Waals surface area contributed by atoms with Gasteiger partial charge in [-0.3, -0.25) is 14.5 Å². The minimum Gasteiger partial charge on any atom is -0.461 e. The zero-order valence-corrected chi connectivity index (χ0v) is 16.2. The lowest BCUT2D eigenvalue weighted by molar-refractivity contribution is -0.145. The number of hydrogen-bond acceptors (Lipinski definition) is 6. The number of ether oxygens (including phenoxy) is 1. The first-order chi connectivity index (χ1) is 13.3. The van der Waals surface area contributed by atoms with Gasteiger partial charge in [0.05, 0.1) is 0 Å². The number of amides is 3. The molecular formula is C19H19ClN2O6. The molecule has 1 aliphatic heterocycles. The van der Waals surface area contributed by atoms with Crippen LogP contribution in [0.4, 0.5) is 4.79 Å². The molecule has 0 aliphatic carbocycles. The lowest BCUT2D eigenvalue weighted by Crippen LogP contribution is -2.32. The van der Waals surface area contributed by atoms with Gasteiger partial charge in [-0.25, -0.2) is 9.59 Å². The van der Waals surface area contributed by atoms with Crippen LogP contribution >= 0.6 is 11.6 Å². The van der Waals surface area contributed by atoms with Gasteiger partial charge in [0.2, 0.25) is 5.91 Å². The number of esters is 1. The topological polar surface area (TPSA) is 97.1 Å². The molecule has 9 heteroatoms. The van der Waals surface area contributed by atoms with Crippen LogP contribution in [-0.2, 0) is 20.9 Å². The summed E-state index contributed by atoms with van der Waals surface area (Å²) in [6.07, 6.45) is 0.340. The minimum atomic E-state index is -0.546. The Kier molecular flexibility index (Phi) is 5.69. The van der Waals surface area contributed by atoms with Crippen molar-refractivity contribution in [2.24, 2.45) is 0 Å². The first-order valence-electron chi connectivity index (χ1n) is 8.70. The van der Waals surface area contributed by atoms with Crippen LogP contribution in [0.2, 0.25) is 5.02 Å². The zero-order chi connectivity index (χ0) is 20.4. The highest BCUT2D eigenvalue weighted by molar-refractivity contribution is 6.32. The third-order valence-corrected chi connectivity index (χ3v) is 4.90. The van der Waals surface area contributed by atoms with Crippen LogP contribution in [0.25, 0.3) is 11.0 Å². The highest BCUT2D eigenvalue weighted by Crippen LogP contribution is 2.25. The molecular weight excluding hydrogens is 388 g/mol. The summed E-state index contributed by atoms with van der Waals surface area (Å²) in [5.41, 5.74) is 1.09. The molecule has 1 saturated heterocycles. The summed E-state index contributed by atoms with van der Waals surface area (Å²) in [4.78, 5) is 49.7. The van der Waals surface area contributed by atoms with E-state index in [9.17, 15) is 19.2 Å². The van der Waals surface area contributed by atoms with Crippen molar-refractivity contribution in [3.8, 4) is 0 Å². The highest BCUT2D eigenvalue weighted by Gasteiger charge is 2.32. The Bertz CT molecular complexity index is 1020. The van der Waals surface area contributed by atoms with Gasteiger partial charge in [-0.05, 0) is 31.0 Å². The molecule has 0 unspecified atom stereocenters. The molecule has 148 valence electrons. The second-order valence-corrected chi connectivity index (χ2v) is 7.04. The summed E-state index contributed by atoms with van der Waals surface area (Å²) < 4.78 is 10.4. The Morgan fingerprint density at radius 1 is 1.25 bits per heavy atom. The number of halogens is 1. The maximum Gasteiger partial charge on any atom is 0.336 e. The van der Waals surface area contributed by atoms with Crippen molar-refractivity contribution >= 4 is 40.5 Å². The summed E-state index contributed by atoms with van der Waals surface area (Å²) in [5.74, 6) is -0.775. The van der Waals surface area contributed by atoms with Crippen molar-refractivity contribution in [2.75, 3.05) is 20.1 Å². The fraction of sp³-hybridized carbons (Fsp3) is 0.368. The smallest absolute Gasteiger partial charge is 0.336 e. The summed E-state index contributed by atoms with van der Waals surface area (Å²) in [6.45, 7) is 1.89. The van der Waals surface area contributed by atoms with E-state index in [1.165, 1.54) is 11.0 Å². The molecule has 1 fully saturated rings.